The molecule has 3 nitrogen and oxygen atoms in total. The third kappa shape index (κ3) is 2.60. The van der Waals surface area contributed by atoms with E-state index in [1.165, 1.54) is 22.0 Å². The number of nitrogens with zero attached hydrogens (tertiary/aromatic N) is 2. The predicted molar refractivity (Wildman–Crippen MR) is 85.2 cm³/mol. The average molecular weight is 271 g/mol. The molecule has 1 aliphatic heterocycles. The first-order valence-corrected chi connectivity index (χ1v) is 7.68. The number of rotatable bonds is 3. The van der Waals surface area contributed by atoms with Crippen LogP contribution in [0.3, 0.4) is 0 Å². The van der Waals surface area contributed by atoms with E-state index >= 15 is 0 Å². The van der Waals surface area contributed by atoms with Gasteiger partial charge in [-0.05, 0) is 38.5 Å². The third-order valence-electron chi connectivity index (χ3n) is 4.23. The van der Waals surface area contributed by atoms with Gasteiger partial charge in [-0.3, -0.25) is 4.90 Å². The van der Waals surface area contributed by atoms with Gasteiger partial charge in [-0.2, -0.15) is 0 Å². The smallest absolute Gasteiger partial charge is 0.0486 e. The monoisotopic (exact) mass is 271 g/mol. The molecule has 0 radical (unpaired) electrons. The zero-order valence-electron chi connectivity index (χ0n) is 12.8. The number of aryl methyl sites for hydroxylation is 1. The van der Waals surface area contributed by atoms with Gasteiger partial charge in [0.05, 0.1) is 0 Å². The Balaban J connectivity index is 1.98. The highest BCUT2D eigenvalue weighted by atomic mass is 15.2. The minimum Gasteiger partial charge on any atom is -0.345 e. The first-order valence-electron chi connectivity index (χ1n) is 7.68. The van der Waals surface area contributed by atoms with Crippen LogP contribution in [0, 0.1) is 6.92 Å². The van der Waals surface area contributed by atoms with Crippen molar-refractivity contribution in [3.05, 3.63) is 35.5 Å². The molecule has 108 valence electrons. The van der Waals surface area contributed by atoms with Crippen molar-refractivity contribution in [2.24, 2.45) is 0 Å². The molecule has 3 rings (SSSR count). The number of piperazine rings is 1. The summed E-state index contributed by atoms with van der Waals surface area (Å²) in [7, 11) is 0. The predicted octanol–water partition coefficient (Wildman–Crippen LogP) is 2.94. The lowest BCUT2D eigenvalue weighted by Crippen LogP contribution is -2.42. The molecule has 0 aliphatic carbocycles. The molecule has 1 saturated heterocycles. The molecule has 1 fully saturated rings. The quantitative estimate of drug-likeness (QED) is 0.926. The van der Waals surface area contributed by atoms with E-state index in [1.807, 2.05) is 0 Å². The minimum atomic E-state index is 0.511. The Morgan fingerprint density at radius 2 is 1.95 bits per heavy atom. The van der Waals surface area contributed by atoms with E-state index in [9.17, 15) is 0 Å². The highest BCUT2D eigenvalue weighted by Crippen LogP contribution is 2.26. The van der Waals surface area contributed by atoms with Crippen molar-refractivity contribution in [3.8, 4) is 0 Å². The fourth-order valence-electron chi connectivity index (χ4n) is 3.10. The lowest BCUT2D eigenvalue weighted by Gasteiger charge is -2.26. The zero-order valence-corrected chi connectivity index (χ0v) is 12.8. The van der Waals surface area contributed by atoms with E-state index in [0.29, 0.717) is 6.04 Å². The molecular weight excluding hydrogens is 246 g/mol. The number of benzene rings is 1. The van der Waals surface area contributed by atoms with Gasteiger partial charge in [-0.25, -0.2) is 0 Å². The molecule has 0 atom stereocenters. The van der Waals surface area contributed by atoms with Gasteiger partial charge in [0.1, 0.15) is 0 Å². The molecule has 0 bridgehead atoms. The van der Waals surface area contributed by atoms with Gasteiger partial charge in [0.2, 0.25) is 0 Å². The first-order chi connectivity index (χ1) is 9.65. The lowest BCUT2D eigenvalue weighted by molar-refractivity contribution is 0.234. The van der Waals surface area contributed by atoms with Gasteiger partial charge < -0.3 is 9.88 Å². The van der Waals surface area contributed by atoms with Crippen LogP contribution in [0.25, 0.3) is 10.9 Å². The molecule has 3 heteroatoms. The normalized spacial score (nSPS) is 17.2. The largest absolute Gasteiger partial charge is 0.345 e. The molecule has 20 heavy (non-hydrogen) atoms. The Bertz CT molecular complexity index is 592. The number of hydrogen-bond acceptors (Lipinski definition) is 2. The van der Waals surface area contributed by atoms with Gasteiger partial charge >= 0.3 is 0 Å². The van der Waals surface area contributed by atoms with Crippen molar-refractivity contribution in [1.29, 1.82) is 0 Å². The van der Waals surface area contributed by atoms with Crippen molar-refractivity contribution in [2.75, 3.05) is 26.2 Å². The second-order valence-corrected chi connectivity index (χ2v) is 6.20. The van der Waals surface area contributed by atoms with Crippen molar-refractivity contribution in [2.45, 2.75) is 33.4 Å². The highest BCUT2D eigenvalue weighted by molar-refractivity contribution is 5.84. The fraction of sp³-hybridized carbons (Fsp3) is 0.529. The van der Waals surface area contributed by atoms with E-state index in [4.69, 9.17) is 0 Å². The van der Waals surface area contributed by atoms with Crippen LogP contribution in [0.15, 0.2) is 24.4 Å². The molecule has 2 heterocycles. The van der Waals surface area contributed by atoms with Crippen LogP contribution in [0.4, 0.5) is 0 Å². The molecule has 1 aromatic carbocycles. The van der Waals surface area contributed by atoms with Gasteiger partial charge in [0.15, 0.2) is 0 Å². The van der Waals surface area contributed by atoms with Gasteiger partial charge in [0.25, 0.3) is 0 Å². The summed E-state index contributed by atoms with van der Waals surface area (Å²) in [5, 5.41) is 4.85. The molecule has 0 spiro atoms. The summed E-state index contributed by atoms with van der Waals surface area (Å²) >= 11 is 0. The summed E-state index contributed by atoms with van der Waals surface area (Å²) in [4.78, 5) is 2.55. The van der Waals surface area contributed by atoms with Crippen LogP contribution in [0.5, 0.6) is 0 Å². The second-order valence-electron chi connectivity index (χ2n) is 6.20. The second kappa shape index (κ2) is 5.58. The molecule has 1 aromatic heterocycles. The fourth-order valence-corrected chi connectivity index (χ4v) is 3.10. The summed E-state index contributed by atoms with van der Waals surface area (Å²) in [5.41, 5.74) is 4.19. The number of aromatic nitrogens is 1. The number of hydrogen-bond donors (Lipinski definition) is 1. The Hall–Kier alpha value is -1.32. The van der Waals surface area contributed by atoms with Gasteiger partial charge in [-0.1, -0.05) is 11.6 Å². The maximum absolute atomic E-state index is 3.42. The maximum Gasteiger partial charge on any atom is 0.0486 e. The van der Waals surface area contributed by atoms with Crippen molar-refractivity contribution in [3.63, 3.8) is 0 Å². The summed E-state index contributed by atoms with van der Waals surface area (Å²) in [6.45, 7) is 12.3. The van der Waals surface area contributed by atoms with E-state index in [2.05, 4.69) is 60.0 Å². The topological polar surface area (TPSA) is 20.2 Å². The Kier molecular flexibility index (Phi) is 3.81. The Morgan fingerprint density at radius 3 is 2.65 bits per heavy atom. The van der Waals surface area contributed by atoms with Gasteiger partial charge in [0, 0.05) is 55.9 Å². The molecule has 0 amide bonds. The van der Waals surface area contributed by atoms with Crippen LogP contribution >= 0.6 is 0 Å². The van der Waals surface area contributed by atoms with Crippen LogP contribution in [0.1, 0.15) is 31.0 Å². The van der Waals surface area contributed by atoms with E-state index in [0.717, 1.165) is 32.7 Å². The van der Waals surface area contributed by atoms with Crippen molar-refractivity contribution < 1.29 is 0 Å². The van der Waals surface area contributed by atoms with E-state index in [1.54, 1.807) is 0 Å². The van der Waals surface area contributed by atoms with E-state index in [-0.39, 0.29) is 0 Å². The maximum atomic E-state index is 3.42. The van der Waals surface area contributed by atoms with Crippen molar-refractivity contribution in [1.82, 2.24) is 14.8 Å². The molecule has 1 aliphatic rings. The third-order valence-corrected chi connectivity index (χ3v) is 4.23. The molecule has 1 N–H and O–H groups in total. The summed E-state index contributed by atoms with van der Waals surface area (Å²) < 4.78 is 2.41. The molecule has 2 aromatic rings. The minimum absolute atomic E-state index is 0.511. The Morgan fingerprint density at radius 1 is 1.20 bits per heavy atom. The first kappa shape index (κ1) is 13.7. The van der Waals surface area contributed by atoms with E-state index < -0.39 is 0 Å². The zero-order chi connectivity index (χ0) is 14.1. The SMILES string of the molecule is Cc1ccc2c(c1)c(CN1CCNCC1)cn2C(C)C. The summed E-state index contributed by atoms with van der Waals surface area (Å²) in [6.07, 6.45) is 2.36. The summed E-state index contributed by atoms with van der Waals surface area (Å²) in [6, 6.07) is 7.34. The molecular formula is C17H25N3. The average Bonchev–Trinajstić information content (AvgIpc) is 2.78. The van der Waals surface area contributed by atoms with Crippen LogP contribution < -0.4 is 5.32 Å². The lowest BCUT2D eigenvalue weighted by atomic mass is 10.1. The van der Waals surface area contributed by atoms with Crippen LogP contribution in [-0.4, -0.2) is 35.6 Å². The highest BCUT2D eigenvalue weighted by Gasteiger charge is 2.15. The Labute approximate surface area is 121 Å². The van der Waals surface area contributed by atoms with Crippen LogP contribution in [-0.2, 0) is 6.54 Å². The van der Waals surface area contributed by atoms with Gasteiger partial charge in [-0.15, -0.1) is 0 Å². The van der Waals surface area contributed by atoms with Crippen LogP contribution in [0.2, 0.25) is 0 Å². The molecule has 0 saturated carbocycles. The number of fused-ring (bicyclic) bond motifs is 1. The molecule has 0 unspecified atom stereocenters. The van der Waals surface area contributed by atoms with Crippen molar-refractivity contribution >= 4 is 10.9 Å². The summed E-state index contributed by atoms with van der Waals surface area (Å²) in [5.74, 6) is 0. The standard InChI is InChI=1S/C17H25N3/c1-13(2)20-12-15(11-19-8-6-18-7-9-19)16-10-14(3)4-5-17(16)20/h4-5,10,12-13,18H,6-9,11H2,1-3H3. The number of nitrogens with one attached hydrogen (secondary N) is 1.